The number of anilines is 2. The summed E-state index contributed by atoms with van der Waals surface area (Å²) in [5, 5.41) is 5.99. The Labute approximate surface area is 211 Å². The Kier molecular flexibility index (Phi) is 7.69. The van der Waals surface area contributed by atoms with Gasteiger partial charge in [-0.05, 0) is 20.3 Å². The second-order valence-corrected chi connectivity index (χ2v) is 9.00. The van der Waals surface area contributed by atoms with Gasteiger partial charge in [-0.15, -0.1) is 0 Å². The van der Waals surface area contributed by atoms with Gasteiger partial charge in [0.25, 0.3) is 5.91 Å². The SMILES string of the molecule is CC(=O)CC[C@H]1CN(c2cc(F)c(N3CCN(C(=O)[C@H](C)NC(=O)c4ccno4)CC3)c(F)c2)C(=O)O1. The van der Waals surface area contributed by atoms with Crippen LogP contribution < -0.4 is 15.1 Å². The first kappa shape index (κ1) is 26.0. The number of cyclic esters (lactones) is 1. The fraction of sp³-hybridized carbons (Fsp3) is 0.458. The fourth-order valence-corrected chi connectivity index (χ4v) is 4.34. The van der Waals surface area contributed by atoms with E-state index in [0.29, 0.717) is 6.42 Å². The van der Waals surface area contributed by atoms with Crippen LogP contribution in [-0.4, -0.2) is 78.6 Å². The molecule has 11 nitrogen and oxygen atoms in total. The van der Waals surface area contributed by atoms with Crippen molar-refractivity contribution < 1.29 is 37.2 Å². The lowest BCUT2D eigenvalue weighted by molar-refractivity contribution is -0.133. The summed E-state index contributed by atoms with van der Waals surface area (Å²) in [6.45, 7) is 3.79. The molecular formula is C24H27F2N5O6. The van der Waals surface area contributed by atoms with Crippen molar-refractivity contribution in [3.63, 3.8) is 0 Å². The van der Waals surface area contributed by atoms with E-state index >= 15 is 8.78 Å². The third-order valence-corrected chi connectivity index (χ3v) is 6.29. The zero-order valence-corrected chi connectivity index (χ0v) is 20.4. The first-order valence-electron chi connectivity index (χ1n) is 11.9. The Hall–Kier alpha value is -4.03. The highest BCUT2D eigenvalue weighted by Crippen LogP contribution is 2.32. The summed E-state index contributed by atoms with van der Waals surface area (Å²) in [4.78, 5) is 52.4. The van der Waals surface area contributed by atoms with Crippen LogP contribution in [0, 0.1) is 11.6 Å². The Morgan fingerprint density at radius 3 is 2.43 bits per heavy atom. The Morgan fingerprint density at radius 1 is 1.16 bits per heavy atom. The van der Waals surface area contributed by atoms with E-state index in [-0.39, 0.29) is 68.0 Å². The number of aromatic nitrogens is 1. The summed E-state index contributed by atoms with van der Waals surface area (Å²) in [5.74, 6) is -2.66. The summed E-state index contributed by atoms with van der Waals surface area (Å²) in [6, 6.07) is 2.69. The largest absolute Gasteiger partial charge is 0.444 e. The molecule has 4 rings (SSSR count). The molecule has 2 atom stereocenters. The molecule has 0 aliphatic carbocycles. The molecule has 37 heavy (non-hydrogen) atoms. The lowest BCUT2D eigenvalue weighted by atomic mass is 10.1. The first-order valence-corrected chi connectivity index (χ1v) is 11.9. The van der Waals surface area contributed by atoms with Crippen molar-refractivity contribution in [1.82, 2.24) is 15.4 Å². The number of carbonyl (C=O) groups excluding carboxylic acids is 4. The minimum Gasteiger partial charge on any atom is -0.444 e. The van der Waals surface area contributed by atoms with Gasteiger partial charge in [-0.25, -0.2) is 13.6 Å². The maximum atomic E-state index is 15.0. The molecule has 2 aliphatic heterocycles. The van der Waals surface area contributed by atoms with Gasteiger partial charge in [0.15, 0.2) is 11.6 Å². The standard InChI is InChI=1S/C24H27F2N5O6/c1-14(32)3-4-17-13-31(24(35)36-17)16-11-18(25)21(19(26)12-16)29-7-9-30(10-8-29)23(34)15(2)28-22(33)20-5-6-27-37-20/h5-6,11-12,15,17H,3-4,7-10,13H2,1-2H3,(H,28,33)/t15-,17-/m0/s1. The Bertz CT molecular complexity index is 1160. The summed E-state index contributed by atoms with van der Waals surface area (Å²) in [5.41, 5.74) is -0.220. The number of amides is 3. The highest BCUT2D eigenvalue weighted by atomic mass is 19.1. The lowest BCUT2D eigenvalue weighted by Gasteiger charge is -2.37. The van der Waals surface area contributed by atoms with E-state index in [1.54, 1.807) is 0 Å². The van der Waals surface area contributed by atoms with Crippen LogP contribution in [0.4, 0.5) is 25.0 Å². The smallest absolute Gasteiger partial charge is 0.414 e. The number of halogens is 2. The van der Waals surface area contributed by atoms with E-state index in [1.807, 2.05) is 0 Å². The monoisotopic (exact) mass is 519 g/mol. The molecule has 1 aromatic heterocycles. The molecule has 2 aromatic rings. The van der Waals surface area contributed by atoms with Crippen LogP contribution in [0.25, 0.3) is 0 Å². The lowest BCUT2D eigenvalue weighted by Crippen LogP contribution is -2.54. The van der Waals surface area contributed by atoms with E-state index < -0.39 is 35.8 Å². The number of Topliss-reactive ketones (excluding diaryl/α,β-unsaturated/α-hetero) is 1. The van der Waals surface area contributed by atoms with Crippen molar-refractivity contribution in [3.05, 3.63) is 41.8 Å². The molecule has 2 saturated heterocycles. The molecule has 0 radical (unpaired) electrons. The number of rotatable bonds is 8. The summed E-state index contributed by atoms with van der Waals surface area (Å²) < 4.78 is 40.1. The molecular weight excluding hydrogens is 492 g/mol. The second-order valence-electron chi connectivity index (χ2n) is 9.00. The molecule has 0 saturated carbocycles. The third kappa shape index (κ3) is 5.87. The Morgan fingerprint density at radius 2 is 1.84 bits per heavy atom. The molecule has 3 heterocycles. The summed E-state index contributed by atoms with van der Waals surface area (Å²) >= 11 is 0. The van der Waals surface area contributed by atoms with Crippen LogP contribution in [0.15, 0.2) is 28.9 Å². The van der Waals surface area contributed by atoms with Crippen molar-refractivity contribution in [3.8, 4) is 0 Å². The number of nitrogens with one attached hydrogen (secondary N) is 1. The fourth-order valence-electron chi connectivity index (χ4n) is 4.34. The number of nitrogens with zero attached hydrogens (tertiary/aromatic N) is 4. The van der Waals surface area contributed by atoms with Crippen LogP contribution >= 0.6 is 0 Å². The number of hydrogen-bond donors (Lipinski definition) is 1. The molecule has 0 unspecified atom stereocenters. The molecule has 2 aliphatic rings. The second kappa shape index (κ2) is 10.9. The molecule has 1 aromatic carbocycles. The normalized spacial score (nSPS) is 18.5. The van der Waals surface area contributed by atoms with Crippen molar-refractivity contribution in [2.45, 2.75) is 38.8 Å². The predicted molar refractivity (Wildman–Crippen MR) is 126 cm³/mol. The van der Waals surface area contributed by atoms with Crippen LogP contribution in [0.1, 0.15) is 37.2 Å². The average Bonchev–Trinajstić information content (AvgIpc) is 3.52. The molecule has 198 valence electrons. The first-order chi connectivity index (χ1) is 17.6. The van der Waals surface area contributed by atoms with Crippen LogP contribution in [0.2, 0.25) is 0 Å². The minimum atomic E-state index is -0.845. The van der Waals surface area contributed by atoms with Gasteiger partial charge in [0.2, 0.25) is 11.7 Å². The van der Waals surface area contributed by atoms with Gasteiger partial charge < -0.3 is 29.2 Å². The van der Waals surface area contributed by atoms with Gasteiger partial charge in [0, 0.05) is 50.8 Å². The van der Waals surface area contributed by atoms with Gasteiger partial charge in [0.05, 0.1) is 18.4 Å². The minimum absolute atomic E-state index is 0.0207. The van der Waals surface area contributed by atoms with Crippen molar-refractivity contribution >= 4 is 35.1 Å². The number of piperazine rings is 1. The molecule has 0 spiro atoms. The van der Waals surface area contributed by atoms with Crippen LogP contribution in [0.3, 0.4) is 0 Å². The zero-order chi connectivity index (χ0) is 26.7. The van der Waals surface area contributed by atoms with Gasteiger partial charge in [0.1, 0.15) is 23.6 Å². The van der Waals surface area contributed by atoms with Crippen LogP contribution in [-0.2, 0) is 14.3 Å². The number of ketones is 1. The van der Waals surface area contributed by atoms with Crippen molar-refractivity contribution in [2.24, 2.45) is 0 Å². The highest BCUT2D eigenvalue weighted by molar-refractivity contribution is 5.95. The third-order valence-electron chi connectivity index (χ3n) is 6.29. The quantitative estimate of drug-likeness (QED) is 0.562. The van der Waals surface area contributed by atoms with E-state index in [2.05, 4.69) is 10.5 Å². The molecule has 13 heteroatoms. The topological polar surface area (TPSA) is 125 Å². The molecule has 2 fully saturated rings. The van der Waals surface area contributed by atoms with E-state index in [4.69, 9.17) is 9.26 Å². The zero-order valence-electron chi connectivity index (χ0n) is 20.4. The molecule has 1 N–H and O–H groups in total. The number of ether oxygens (including phenoxy) is 1. The average molecular weight is 520 g/mol. The van der Waals surface area contributed by atoms with Gasteiger partial charge in [-0.3, -0.25) is 14.5 Å². The van der Waals surface area contributed by atoms with Crippen molar-refractivity contribution in [2.75, 3.05) is 42.5 Å². The van der Waals surface area contributed by atoms with E-state index in [9.17, 15) is 19.2 Å². The van der Waals surface area contributed by atoms with Crippen molar-refractivity contribution in [1.29, 1.82) is 0 Å². The number of hydrogen-bond acceptors (Lipinski definition) is 8. The number of carbonyl (C=O) groups is 4. The Balaban J connectivity index is 1.36. The molecule has 3 amide bonds. The molecule has 0 bridgehead atoms. The highest BCUT2D eigenvalue weighted by Gasteiger charge is 2.34. The predicted octanol–water partition coefficient (Wildman–Crippen LogP) is 2.11. The number of benzene rings is 1. The maximum Gasteiger partial charge on any atom is 0.414 e. The van der Waals surface area contributed by atoms with E-state index in [1.165, 1.54) is 35.9 Å². The van der Waals surface area contributed by atoms with E-state index in [0.717, 1.165) is 17.0 Å². The maximum absolute atomic E-state index is 15.0. The van der Waals surface area contributed by atoms with Gasteiger partial charge >= 0.3 is 6.09 Å². The van der Waals surface area contributed by atoms with Gasteiger partial charge in [-0.1, -0.05) is 5.16 Å². The van der Waals surface area contributed by atoms with Crippen LogP contribution in [0.5, 0.6) is 0 Å². The summed E-state index contributed by atoms with van der Waals surface area (Å²) in [6.07, 6.45) is 0.642. The van der Waals surface area contributed by atoms with Gasteiger partial charge in [-0.2, -0.15) is 0 Å². The summed E-state index contributed by atoms with van der Waals surface area (Å²) in [7, 11) is 0.